The van der Waals surface area contributed by atoms with Gasteiger partial charge in [0.1, 0.15) is 0 Å². The van der Waals surface area contributed by atoms with E-state index in [2.05, 4.69) is 29.8 Å². The Morgan fingerprint density at radius 3 is 1.80 bits per heavy atom. The molecule has 0 radical (unpaired) electrons. The van der Waals surface area contributed by atoms with E-state index in [4.69, 9.17) is 0 Å². The Balaban J connectivity index is 4.02. The Labute approximate surface area is 102 Å². The summed E-state index contributed by atoms with van der Waals surface area (Å²) in [6.07, 6.45) is 10.5. The normalized spacial score (nSPS) is 10.1. The van der Waals surface area contributed by atoms with Gasteiger partial charge in [-0.05, 0) is 41.6 Å². The lowest BCUT2D eigenvalue weighted by atomic mass is 10.0. The van der Waals surface area contributed by atoms with E-state index in [9.17, 15) is 4.79 Å². The fourth-order valence-corrected chi connectivity index (χ4v) is 2.02. The van der Waals surface area contributed by atoms with Crippen LogP contribution in [-0.4, -0.2) is 6.29 Å². The lowest BCUT2D eigenvalue weighted by Crippen LogP contribution is -1.90. The second kappa shape index (κ2) is 10.4. The first-order valence-electron chi connectivity index (χ1n) is 6.08. The van der Waals surface area contributed by atoms with Gasteiger partial charge in [-0.1, -0.05) is 45.1 Å². The van der Waals surface area contributed by atoms with Gasteiger partial charge in [-0.25, -0.2) is 0 Å². The van der Waals surface area contributed by atoms with Crippen molar-refractivity contribution in [2.75, 3.05) is 0 Å². The fraction of sp³-hybridized carbons (Fsp3) is 0.769. The molecule has 0 saturated heterocycles. The van der Waals surface area contributed by atoms with Crippen molar-refractivity contribution in [3.05, 3.63) is 10.1 Å². The molecule has 0 atom stereocenters. The Hall–Kier alpha value is -0.110. The summed E-state index contributed by atoms with van der Waals surface area (Å²) >= 11 is 3.36. The predicted molar refractivity (Wildman–Crippen MR) is 70.3 cm³/mol. The first-order chi connectivity index (χ1) is 7.26. The summed E-state index contributed by atoms with van der Waals surface area (Å²) in [4.78, 5) is 10.7. The van der Waals surface area contributed by atoms with Gasteiger partial charge in [-0.2, -0.15) is 0 Å². The third kappa shape index (κ3) is 7.78. The molecule has 0 aliphatic rings. The van der Waals surface area contributed by atoms with Crippen molar-refractivity contribution in [3.63, 3.8) is 0 Å². The maximum absolute atomic E-state index is 10.7. The van der Waals surface area contributed by atoms with Gasteiger partial charge in [-0.3, -0.25) is 4.79 Å². The van der Waals surface area contributed by atoms with Crippen molar-refractivity contribution in [1.29, 1.82) is 0 Å². The molecule has 0 unspecified atom stereocenters. The number of carbonyl (C=O) groups is 1. The standard InChI is InChI=1S/C13H23BrO/c1-3-5-7-9-12(13(14)11-15)10-8-6-4-2/h11H,3-10H2,1-2H3. The molecule has 0 heterocycles. The van der Waals surface area contributed by atoms with Crippen molar-refractivity contribution in [2.24, 2.45) is 0 Å². The van der Waals surface area contributed by atoms with Gasteiger partial charge in [-0.15, -0.1) is 0 Å². The number of carbonyl (C=O) groups excluding carboxylic acids is 1. The van der Waals surface area contributed by atoms with Gasteiger partial charge in [0.25, 0.3) is 0 Å². The number of hydrogen-bond donors (Lipinski definition) is 0. The highest BCUT2D eigenvalue weighted by atomic mass is 79.9. The summed E-state index contributed by atoms with van der Waals surface area (Å²) in [7, 11) is 0. The average molecular weight is 275 g/mol. The fourth-order valence-electron chi connectivity index (χ4n) is 1.62. The minimum absolute atomic E-state index is 0.787. The highest BCUT2D eigenvalue weighted by Gasteiger charge is 2.03. The lowest BCUT2D eigenvalue weighted by Gasteiger charge is -2.07. The molecule has 0 aromatic rings. The topological polar surface area (TPSA) is 17.1 Å². The third-order valence-corrected chi connectivity index (χ3v) is 3.35. The molecule has 0 N–H and O–H groups in total. The molecule has 0 amide bonds. The van der Waals surface area contributed by atoms with Crippen LogP contribution in [0, 0.1) is 0 Å². The molecule has 0 aliphatic carbocycles. The quantitative estimate of drug-likeness (QED) is 0.329. The van der Waals surface area contributed by atoms with E-state index in [1.165, 1.54) is 44.1 Å². The molecule has 0 saturated carbocycles. The summed E-state index contributed by atoms with van der Waals surface area (Å²) in [6.45, 7) is 4.41. The van der Waals surface area contributed by atoms with Crippen LogP contribution in [0.3, 0.4) is 0 Å². The van der Waals surface area contributed by atoms with Crippen molar-refractivity contribution >= 4 is 22.2 Å². The number of unbranched alkanes of at least 4 members (excludes halogenated alkanes) is 4. The Morgan fingerprint density at radius 1 is 1.00 bits per heavy atom. The first kappa shape index (κ1) is 14.9. The first-order valence-corrected chi connectivity index (χ1v) is 6.88. The Kier molecular flexibility index (Phi) is 10.3. The van der Waals surface area contributed by atoms with Crippen LogP contribution in [0.5, 0.6) is 0 Å². The molecular weight excluding hydrogens is 252 g/mol. The second-order valence-electron chi connectivity index (χ2n) is 3.98. The molecule has 0 fully saturated rings. The molecule has 0 spiro atoms. The number of rotatable bonds is 9. The minimum Gasteiger partial charge on any atom is -0.297 e. The van der Waals surface area contributed by atoms with E-state index in [-0.39, 0.29) is 0 Å². The van der Waals surface area contributed by atoms with Crippen LogP contribution in [-0.2, 0) is 4.79 Å². The van der Waals surface area contributed by atoms with Crippen LogP contribution in [0.25, 0.3) is 0 Å². The molecule has 0 aliphatic heterocycles. The van der Waals surface area contributed by atoms with Crippen molar-refractivity contribution in [1.82, 2.24) is 0 Å². The van der Waals surface area contributed by atoms with Crippen molar-refractivity contribution in [2.45, 2.75) is 65.2 Å². The minimum atomic E-state index is 0.787. The van der Waals surface area contributed by atoms with Gasteiger partial charge >= 0.3 is 0 Å². The zero-order valence-corrected chi connectivity index (χ0v) is 11.6. The van der Waals surface area contributed by atoms with Crippen LogP contribution in [0.2, 0.25) is 0 Å². The molecule has 88 valence electrons. The van der Waals surface area contributed by atoms with Crippen LogP contribution in [0.15, 0.2) is 10.1 Å². The third-order valence-electron chi connectivity index (χ3n) is 2.61. The van der Waals surface area contributed by atoms with E-state index < -0.39 is 0 Å². The predicted octanol–water partition coefficient (Wildman–Crippen LogP) is 4.99. The maximum atomic E-state index is 10.7. The van der Waals surface area contributed by atoms with E-state index >= 15 is 0 Å². The molecule has 0 bridgehead atoms. The molecule has 1 nitrogen and oxygen atoms in total. The summed E-state index contributed by atoms with van der Waals surface area (Å²) in [6, 6.07) is 0. The Morgan fingerprint density at radius 2 is 1.47 bits per heavy atom. The smallest absolute Gasteiger partial charge is 0.156 e. The van der Waals surface area contributed by atoms with Crippen LogP contribution >= 0.6 is 15.9 Å². The van der Waals surface area contributed by atoms with Crippen molar-refractivity contribution < 1.29 is 4.79 Å². The Bertz CT molecular complexity index is 185. The van der Waals surface area contributed by atoms with Gasteiger partial charge < -0.3 is 0 Å². The zero-order chi connectivity index (χ0) is 11.5. The number of allylic oxidation sites excluding steroid dienone is 2. The summed E-state index contributed by atoms with van der Waals surface area (Å²) < 4.78 is 0.787. The second-order valence-corrected chi connectivity index (χ2v) is 4.84. The van der Waals surface area contributed by atoms with Gasteiger partial charge in [0.05, 0.1) is 4.48 Å². The maximum Gasteiger partial charge on any atom is 0.156 e. The average Bonchev–Trinajstić information content (AvgIpc) is 2.26. The zero-order valence-electron chi connectivity index (χ0n) is 10.0. The number of halogens is 1. The molecule has 2 heteroatoms. The molecule has 15 heavy (non-hydrogen) atoms. The van der Waals surface area contributed by atoms with E-state index in [0.717, 1.165) is 23.6 Å². The summed E-state index contributed by atoms with van der Waals surface area (Å²) in [5.74, 6) is 0. The molecule has 0 aromatic carbocycles. The van der Waals surface area contributed by atoms with E-state index in [1.54, 1.807) is 0 Å². The van der Waals surface area contributed by atoms with E-state index in [1.807, 2.05) is 0 Å². The lowest BCUT2D eigenvalue weighted by molar-refractivity contribution is -0.104. The summed E-state index contributed by atoms with van der Waals surface area (Å²) in [5, 5.41) is 0. The molecular formula is C13H23BrO. The number of hydrogen-bond acceptors (Lipinski definition) is 1. The highest BCUT2D eigenvalue weighted by Crippen LogP contribution is 2.22. The van der Waals surface area contributed by atoms with Gasteiger partial charge in [0.15, 0.2) is 6.29 Å². The molecule has 0 rings (SSSR count). The van der Waals surface area contributed by atoms with Crippen LogP contribution in [0.1, 0.15) is 65.2 Å². The molecule has 0 aromatic heterocycles. The van der Waals surface area contributed by atoms with Crippen LogP contribution < -0.4 is 0 Å². The van der Waals surface area contributed by atoms with E-state index in [0.29, 0.717) is 0 Å². The number of aldehydes is 1. The van der Waals surface area contributed by atoms with Crippen molar-refractivity contribution in [3.8, 4) is 0 Å². The monoisotopic (exact) mass is 274 g/mol. The largest absolute Gasteiger partial charge is 0.297 e. The van der Waals surface area contributed by atoms with Gasteiger partial charge in [0.2, 0.25) is 0 Å². The van der Waals surface area contributed by atoms with Gasteiger partial charge in [0, 0.05) is 0 Å². The highest BCUT2D eigenvalue weighted by molar-refractivity contribution is 9.12. The SMILES string of the molecule is CCCCCC(CCCCC)=C(Br)C=O. The summed E-state index contributed by atoms with van der Waals surface area (Å²) in [5.41, 5.74) is 1.31. The van der Waals surface area contributed by atoms with Crippen LogP contribution in [0.4, 0.5) is 0 Å².